The molecule has 0 aliphatic heterocycles. The first kappa shape index (κ1) is 14.8. The number of rotatable bonds is 4. The van der Waals surface area contributed by atoms with Crippen LogP contribution in [0.25, 0.3) is 22.8 Å². The Morgan fingerprint density at radius 1 is 1.16 bits per heavy atom. The first-order valence-corrected chi connectivity index (χ1v) is 7.28. The fourth-order valence-electron chi connectivity index (χ4n) is 2.19. The van der Waals surface area contributed by atoms with Gasteiger partial charge < -0.3 is 9.84 Å². The van der Waals surface area contributed by atoms with Crippen molar-refractivity contribution in [2.24, 2.45) is 7.05 Å². The molecule has 10 heteroatoms. The minimum Gasteiger partial charge on any atom is -0.338 e. The predicted octanol–water partition coefficient (Wildman–Crippen LogP) is 1.36. The predicted molar refractivity (Wildman–Crippen MR) is 87.9 cm³/mol. The number of aryl methyl sites for hydroxylation is 1. The van der Waals surface area contributed by atoms with E-state index in [1.165, 1.54) is 12.3 Å². The van der Waals surface area contributed by atoms with Crippen molar-refractivity contribution in [3.8, 4) is 22.8 Å². The van der Waals surface area contributed by atoms with Crippen LogP contribution in [0.2, 0.25) is 0 Å². The highest BCUT2D eigenvalue weighted by Crippen LogP contribution is 2.19. The van der Waals surface area contributed by atoms with E-state index in [2.05, 4.69) is 40.0 Å². The lowest BCUT2D eigenvalue weighted by molar-refractivity contribution is 0.393. The Morgan fingerprint density at radius 2 is 2.04 bits per heavy atom. The Kier molecular flexibility index (Phi) is 3.54. The molecular weight excluding hydrogens is 324 g/mol. The molecule has 4 rings (SSSR count). The molecule has 0 amide bonds. The van der Waals surface area contributed by atoms with E-state index in [1.807, 2.05) is 19.3 Å². The summed E-state index contributed by atoms with van der Waals surface area (Å²) in [6, 6.07) is 4.84. The molecule has 10 nitrogen and oxygen atoms in total. The first-order valence-electron chi connectivity index (χ1n) is 7.28. The maximum Gasteiger partial charge on any atom is 0.357 e. The minimum atomic E-state index is -0.480. The number of nitrogens with one attached hydrogen (secondary N) is 2. The fraction of sp³-hybridized carbons (Fsp3) is 0.0667. The molecule has 4 heterocycles. The van der Waals surface area contributed by atoms with Crippen molar-refractivity contribution in [2.75, 3.05) is 5.32 Å². The van der Waals surface area contributed by atoms with E-state index in [9.17, 15) is 4.79 Å². The van der Waals surface area contributed by atoms with E-state index in [0.29, 0.717) is 34.5 Å². The number of aromatic nitrogens is 7. The van der Waals surface area contributed by atoms with Crippen LogP contribution in [0.4, 0.5) is 11.8 Å². The van der Waals surface area contributed by atoms with Gasteiger partial charge >= 0.3 is 5.63 Å². The monoisotopic (exact) mass is 336 g/mol. The molecule has 25 heavy (non-hydrogen) atoms. The standard InChI is InChI=1S/C15H12N8O2/c1-23-5-3-13(21-23)20-15-17-4-2-9(19-15)11-7-16-8-12(18-11)10-6-14(24)25-22-10/h2-8,22H,1H3,(H,17,19,20,21). The molecule has 4 aromatic rings. The SMILES string of the molecule is Cn1ccc(Nc2nccc(-c3cncc(-c4cc(=O)o[nH]4)n3)n2)n1. The van der Waals surface area contributed by atoms with Gasteiger partial charge in [-0.25, -0.2) is 24.9 Å². The Morgan fingerprint density at radius 3 is 2.80 bits per heavy atom. The van der Waals surface area contributed by atoms with Gasteiger partial charge in [0.25, 0.3) is 0 Å². The average Bonchev–Trinajstić information content (AvgIpc) is 3.24. The van der Waals surface area contributed by atoms with Crippen LogP contribution in [0.15, 0.2) is 52.3 Å². The van der Waals surface area contributed by atoms with Crippen molar-refractivity contribution in [3.63, 3.8) is 0 Å². The van der Waals surface area contributed by atoms with Gasteiger partial charge in [0.1, 0.15) is 17.1 Å². The van der Waals surface area contributed by atoms with Gasteiger partial charge in [-0.15, -0.1) is 0 Å². The third-order valence-electron chi connectivity index (χ3n) is 3.31. The van der Waals surface area contributed by atoms with Crippen LogP contribution in [-0.2, 0) is 7.05 Å². The van der Waals surface area contributed by atoms with Crippen LogP contribution in [0.1, 0.15) is 0 Å². The Bertz CT molecular complexity index is 1080. The van der Waals surface area contributed by atoms with Crippen LogP contribution in [0, 0.1) is 0 Å². The van der Waals surface area contributed by atoms with E-state index in [1.54, 1.807) is 23.1 Å². The van der Waals surface area contributed by atoms with Crippen molar-refractivity contribution < 1.29 is 4.52 Å². The van der Waals surface area contributed by atoms with Crippen LogP contribution >= 0.6 is 0 Å². The average molecular weight is 336 g/mol. The quantitative estimate of drug-likeness (QED) is 0.572. The van der Waals surface area contributed by atoms with Crippen molar-refractivity contribution in [1.82, 2.24) is 34.9 Å². The molecule has 0 spiro atoms. The van der Waals surface area contributed by atoms with E-state index in [0.717, 1.165) is 0 Å². The topological polar surface area (TPSA) is 127 Å². The summed E-state index contributed by atoms with van der Waals surface area (Å²) >= 11 is 0. The zero-order valence-corrected chi connectivity index (χ0v) is 13.0. The number of nitrogens with zero attached hydrogens (tertiary/aromatic N) is 6. The highest BCUT2D eigenvalue weighted by atomic mass is 16.5. The highest BCUT2D eigenvalue weighted by molar-refractivity contribution is 5.60. The molecule has 0 aromatic carbocycles. The maximum absolute atomic E-state index is 11.2. The van der Waals surface area contributed by atoms with Crippen molar-refractivity contribution in [1.29, 1.82) is 0 Å². The molecule has 0 bridgehead atoms. The number of anilines is 2. The maximum atomic E-state index is 11.2. The molecule has 0 saturated heterocycles. The fourth-order valence-corrected chi connectivity index (χ4v) is 2.19. The van der Waals surface area contributed by atoms with Gasteiger partial charge in [0.2, 0.25) is 5.95 Å². The van der Waals surface area contributed by atoms with Gasteiger partial charge in [-0.2, -0.15) is 5.10 Å². The summed E-state index contributed by atoms with van der Waals surface area (Å²) < 4.78 is 6.33. The summed E-state index contributed by atoms with van der Waals surface area (Å²) in [5.41, 5.74) is 1.55. The Hall–Kier alpha value is -3.82. The second kappa shape index (κ2) is 6.00. The van der Waals surface area contributed by atoms with Gasteiger partial charge in [0, 0.05) is 25.5 Å². The minimum absolute atomic E-state index is 0.389. The van der Waals surface area contributed by atoms with Gasteiger partial charge in [0.15, 0.2) is 5.82 Å². The third-order valence-corrected chi connectivity index (χ3v) is 3.31. The number of H-pyrrole nitrogens is 1. The number of hydrogen-bond donors (Lipinski definition) is 2. The van der Waals surface area contributed by atoms with Crippen LogP contribution in [0.5, 0.6) is 0 Å². The Labute approximate surface area is 140 Å². The molecule has 4 aromatic heterocycles. The molecule has 124 valence electrons. The molecule has 0 atom stereocenters. The van der Waals surface area contributed by atoms with E-state index in [4.69, 9.17) is 0 Å². The molecular formula is C15H12N8O2. The molecule has 0 unspecified atom stereocenters. The molecule has 0 fully saturated rings. The lowest BCUT2D eigenvalue weighted by atomic mass is 10.2. The largest absolute Gasteiger partial charge is 0.357 e. The number of aromatic amines is 1. The molecule has 2 N–H and O–H groups in total. The smallest absolute Gasteiger partial charge is 0.338 e. The van der Waals surface area contributed by atoms with Crippen molar-refractivity contribution in [2.45, 2.75) is 0 Å². The summed E-state index contributed by atoms with van der Waals surface area (Å²) in [5.74, 6) is 1.02. The third kappa shape index (κ3) is 3.13. The molecule has 0 saturated carbocycles. The summed E-state index contributed by atoms with van der Waals surface area (Å²) in [6.07, 6.45) is 6.53. The van der Waals surface area contributed by atoms with Crippen molar-refractivity contribution in [3.05, 3.63) is 53.4 Å². The number of hydrogen-bond acceptors (Lipinski definition) is 8. The normalized spacial score (nSPS) is 10.8. The lowest BCUT2D eigenvalue weighted by Crippen LogP contribution is -2.00. The Balaban J connectivity index is 1.65. The van der Waals surface area contributed by atoms with E-state index < -0.39 is 5.63 Å². The van der Waals surface area contributed by atoms with Gasteiger partial charge in [-0.3, -0.25) is 9.67 Å². The second-order valence-corrected chi connectivity index (χ2v) is 5.14. The summed E-state index contributed by atoms with van der Waals surface area (Å²) in [6.45, 7) is 0. The van der Waals surface area contributed by atoms with E-state index in [-0.39, 0.29) is 0 Å². The molecule has 0 radical (unpaired) electrons. The zero-order chi connectivity index (χ0) is 17.2. The van der Waals surface area contributed by atoms with Gasteiger partial charge in [0.05, 0.1) is 24.2 Å². The molecule has 0 aliphatic rings. The summed E-state index contributed by atoms with van der Waals surface area (Å²) in [7, 11) is 1.82. The molecule has 0 aliphatic carbocycles. The first-order chi connectivity index (χ1) is 12.2. The summed E-state index contributed by atoms with van der Waals surface area (Å²) in [4.78, 5) is 28.3. The van der Waals surface area contributed by atoms with Crippen LogP contribution in [0.3, 0.4) is 0 Å². The zero-order valence-electron chi connectivity index (χ0n) is 13.0. The van der Waals surface area contributed by atoms with Gasteiger partial charge in [-0.05, 0) is 6.07 Å². The van der Waals surface area contributed by atoms with Crippen molar-refractivity contribution >= 4 is 11.8 Å². The highest BCUT2D eigenvalue weighted by Gasteiger charge is 2.09. The van der Waals surface area contributed by atoms with Crippen LogP contribution in [-0.4, -0.2) is 34.9 Å². The van der Waals surface area contributed by atoms with Gasteiger partial charge in [-0.1, -0.05) is 0 Å². The van der Waals surface area contributed by atoms with E-state index >= 15 is 0 Å². The lowest BCUT2D eigenvalue weighted by Gasteiger charge is -2.05. The van der Waals surface area contributed by atoms with Crippen LogP contribution < -0.4 is 10.9 Å². The second-order valence-electron chi connectivity index (χ2n) is 5.14. The summed E-state index contributed by atoms with van der Waals surface area (Å²) in [5, 5.41) is 9.74.